The molecule has 1 saturated heterocycles. The van der Waals surface area contributed by atoms with Crippen LogP contribution in [0.3, 0.4) is 0 Å². The Labute approximate surface area is 155 Å². The standard InChI is InChI=1S/C18H18ClN3O4/c19-14-10-20-6-3-15(14)26-13-4-7-22(8-5-13)18(23)21-12-1-2-16-17(9-12)25-11-24-16/h1-3,6,9-10,13H,4-5,7-8,11H2,(H,21,23). The van der Waals surface area contributed by atoms with Crippen molar-refractivity contribution >= 4 is 23.3 Å². The summed E-state index contributed by atoms with van der Waals surface area (Å²) in [5.74, 6) is 1.96. The molecule has 1 aromatic carbocycles. The fraction of sp³-hybridized carbons (Fsp3) is 0.333. The third-order valence-corrected chi connectivity index (χ3v) is 4.67. The summed E-state index contributed by atoms with van der Waals surface area (Å²) >= 11 is 6.07. The number of nitrogens with zero attached hydrogens (tertiary/aromatic N) is 2. The number of piperidine rings is 1. The Balaban J connectivity index is 1.30. The van der Waals surface area contributed by atoms with Crippen molar-refractivity contribution in [3.63, 3.8) is 0 Å². The molecule has 136 valence electrons. The summed E-state index contributed by atoms with van der Waals surface area (Å²) in [5, 5.41) is 3.39. The third kappa shape index (κ3) is 3.62. The zero-order valence-corrected chi connectivity index (χ0v) is 14.7. The Morgan fingerprint density at radius 2 is 2.04 bits per heavy atom. The second-order valence-corrected chi connectivity index (χ2v) is 6.52. The molecular weight excluding hydrogens is 358 g/mol. The van der Waals surface area contributed by atoms with E-state index in [1.54, 1.807) is 41.6 Å². The van der Waals surface area contributed by atoms with Gasteiger partial charge >= 0.3 is 6.03 Å². The molecule has 26 heavy (non-hydrogen) atoms. The monoisotopic (exact) mass is 375 g/mol. The Kier molecular flexibility index (Phi) is 4.71. The van der Waals surface area contributed by atoms with Gasteiger partial charge in [-0.25, -0.2) is 4.79 Å². The highest BCUT2D eigenvalue weighted by molar-refractivity contribution is 6.31. The number of urea groups is 1. The number of hydrogen-bond acceptors (Lipinski definition) is 5. The first-order valence-electron chi connectivity index (χ1n) is 8.41. The number of rotatable bonds is 3. The zero-order chi connectivity index (χ0) is 17.9. The van der Waals surface area contributed by atoms with Gasteiger partial charge in [0.05, 0.1) is 0 Å². The lowest BCUT2D eigenvalue weighted by Crippen LogP contribution is -2.43. The van der Waals surface area contributed by atoms with Gasteiger partial charge in [-0.2, -0.15) is 0 Å². The molecule has 0 unspecified atom stereocenters. The zero-order valence-electron chi connectivity index (χ0n) is 14.0. The van der Waals surface area contributed by atoms with Crippen LogP contribution in [0.1, 0.15) is 12.8 Å². The van der Waals surface area contributed by atoms with Gasteiger partial charge in [-0.3, -0.25) is 4.98 Å². The van der Waals surface area contributed by atoms with E-state index in [9.17, 15) is 4.79 Å². The Morgan fingerprint density at radius 3 is 2.85 bits per heavy atom. The van der Waals surface area contributed by atoms with Crippen LogP contribution in [0.15, 0.2) is 36.7 Å². The topological polar surface area (TPSA) is 72.9 Å². The number of carbonyl (C=O) groups excluding carboxylic acids is 1. The smallest absolute Gasteiger partial charge is 0.321 e. The summed E-state index contributed by atoms with van der Waals surface area (Å²) in [6.07, 6.45) is 4.73. The van der Waals surface area contributed by atoms with Crippen LogP contribution in [0.4, 0.5) is 10.5 Å². The van der Waals surface area contributed by atoms with Crippen LogP contribution in [-0.2, 0) is 0 Å². The fourth-order valence-electron chi connectivity index (χ4n) is 2.99. The van der Waals surface area contributed by atoms with Crippen molar-refractivity contribution in [2.24, 2.45) is 0 Å². The molecule has 0 radical (unpaired) electrons. The quantitative estimate of drug-likeness (QED) is 0.888. The van der Waals surface area contributed by atoms with Crippen molar-refractivity contribution in [2.75, 3.05) is 25.2 Å². The summed E-state index contributed by atoms with van der Waals surface area (Å²) in [6, 6.07) is 6.97. The van der Waals surface area contributed by atoms with Crippen molar-refractivity contribution in [1.82, 2.24) is 9.88 Å². The van der Waals surface area contributed by atoms with E-state index in [1.807, 2.05) is 0 Å². The van der Waals surface area contributed by atoms with Crippen LogP contribution >= 0.6 is 11.6 Å². The van der Waals surface area contributed by atoms with E-state index < -0.39 is 0 Å². The third-order valence-electron chi connectivity index (χ3n) is 4.38. The fourth-order valence-corrected chi connectivity index (χ4v) is 3.16. The lowest BCUT2D eigenvalue weighted by atomic mass is 10.1. The molecule has 1 fully saturated rings. The van der Waals surface area contributed by atoms with Crippen LogP contribution in [0.5, 0.6) is 17.2 Å². The highest BCUT2D eigenvalue weighted by Crippen LogP contribution is 2.34. The normalized spacial score (nSPS) is 16.4. The maximum Gasteiger partial charge on any atom is 0.321 e. The number of benzene rings is 1. The lowest BCUT2D eigenvalue weighted by Gasteiger charge is -2.32. The van der Waals surface area contributed by atoms with E-state index in [2.05, 4.69) is 10.3 Å². The van der Waals surface area contributed by atoms with Crippen LogP contribution in [-0.4, -0.2) is 41.9 Å². The molecule has 2 aliphatic rings. The van der Waals surface area contributed by atoms with Crippen molar-refractivity contribution in [2.45, 2.75) is 18.9 Å². The van der Waals surface area contributed by atoms with Gasteiger partial charge in [-0.15, -0.1) is 0 Å². The molecule has 1 N–H and O–H groups in total. The van der Waals surface area contributed by atoms with Crippen molar-refractivity contribution in [3.05, 3.63) is 41.7 Å². The SMILES string of the molecule is O=C(Nc1ccc2c(c1)OCO2)N1CCC(Oc2ccncc2Cl)CC1. The minimum absolute atomic E-state index is 0.0319. The summed E-state index contributed by atoms with van der Waals surface area (Å²) in [7, 11) is 0. The van der Waals surface area contributed by atoms with E-state index in [-0.39, 0.29) is 18.9 Å². The van der Waals surface area contributed by atoms with Crippen LogP contribution in [0.25, 0.3) is 0 Å². The van der Waals surface area contributed by atoms with E-state index in [0.29, 0.717) is 41.0 Å². The van der Waals surface area contributed by atoms with E-state index in [1.165, 1.54) is 0 Å². The minimum Gasteiger partial charge on any atom is -0.489 e. The number of ether oxygens (including phenoxy) is 3. The molecule has 1 aromatic heterocycles. The molecule has 4 rings (SSSR count). The molecule has 3 heterocycles. The maximum atomic E-state index is 12.5. The van der Waals surface area contributed by atoms with Gasteiger partial charge in [-0.05, 0) is 12.1 Å². The summed E-state index contributed by atoms with van der Waals surface area (Å²) < 4.78 is 16.5. The first kappa shape index (κ1) is 16.8. The average Bonchev–Trinajstić information content (AvgIpc) is 3.12. The highest BCUT2D eigenvalue weighted by atomic mass is 35.5. The lowest BCUT2D eigenvalue weighted by molar-refractivity contribution is 0.115. The molecule has 0 spiro atoms. The first-order valence-corrected chi connectivity index (χ1v) is 8.78. The van der Waals surface area contributed by atoms with Gasteiger partial charge in [0.25, 0.3) is 0 Å². The number of fused-ring (bicyclic) bond motifs is 1. The second-order valence-electron chi connectivity index (χ2n) is 6.11. The first-order chi connectivity index (χ1) is 12.7. The largest absolute Gasteiger partial charge is 0.489 e. The predicted octanol–water partition coefficient (Wildman–Crippen LogP) is 3.54. The van der Waals surface area contributed by atoms with Crippen LogP contribution in [0.2, 0.25) is 5.02 Å². The predicted molar refractivity (Wildman–Crippen MR) is 96.1 cm³/mol. The van der Waals surface area contributed by atoms with E-state index in [0.717, 1.165) is 12.8 Å². The second kappa shape index (κ2) is 7.29. The number of aromatic nitrogens is 1. The van der Waals surface area contributed by atoms with Gasteiger partial charge in [0, 0.05) is 56.1 Å². The number of pyridine rings is 1. The maximum absolute atomic E-state index is 12.5. The Morgan fingerprint density at radius 1 is 1.23 bits per heavy atom. The molecule has 2 aromatic rings. The number of nitrogens with one attached hydrogen (secondary N) is 1. The molecule has 0 aliphatic carbocycles. The van der Waals surface area contributed by atoms with Gasteiger partial charge < -0.3 is 24.4 Å². The molecule has 7 nitrogen and oxygen atoms in total. The van der Waals surface area contributed by atoms with Gasteiger partial charge in [0.2, 0.25) is 6.79 Å². The molecule has 2 amide bonds. The van der Waals surface area contributed by atoms with Crippen LogP contribution in [0, 0.1) is 0 Å². The summed E-state index contributed by atoms with van der Waals surface area (Å²) in [5.41, 5.74) is 0.682. The number of likely N-dealkylation sites (tertiary alicyclic amines) is 1. The van der Waals surface area contributed by atoms with Crippen LogP contribution < -0.4 is 19.5 Å². The number of hydrogen-bond donors (Lipinski definition) is 1. The number of halogens is 1. The summed E-state index contributed by atoms with van der Waals surface area (Å²) in [6.45, 7) is 1.44. The summed E-state index contributed by atoms with van der Waals surface area (Å²) in [4.78, 5) is 18.2. The van der Waals surface area contributed by atoms with Crippen molar-refractivity contribution < 1.29 is 19.0 Å². The number of carbonyl (C=O) groups is 1. The van der Waals surface area contributed by atoms with Gasteiger partial charge in [0.1, 0.15) is 16.9 Å². The molecule has 0 saturated carbocycles. The van der Waals surface area contributed by atoms with Crippen molar-refractivity contribution in [3.8, 4) is 17.2 Å². The molecule has 8 heteroatoms. The van der Waals surface area contributed by atoms with Gasteiger partial charge in [0.15, 0.2) is 11.5 Å². The van der Waals surface area contributed by atoms with E-state index in [4.69, 9.17) is 25.8 Å². The van der Waals surface area contributed by atoms with E-state index >= 15 is 0 Å². The molecular formula is C18H18ClN3O4. The average molecular weight is 376 g/mol. The minimum atomic E-state index is -0.135. The van der Waals surface area contributed by atoms with Crippen molar-refractivity contribution in [1.29, 1.82) is 0 Å². The Bertz CT molecular complexity index is 809. The van der Waals surface area contributed by atoms with Gasteiger partial charge in [-0.1, -0.05) is 11.6 Å². The number of anilines is 1. The molecule has 0 bridgehead atoms. The molecule has 2 aliphatic heterocycles. The highest BCUT2D eigenvalue weighted by Gasteiger charge is 2.25. The molecule has 0 atom stereocenters. The number of amides is 2. The Hall–Kier alpha value is -2.67.